The molecule has 0 bridgehead atoms. The zero-order valence-corrected chi connectivity index (χ0v) is 5.12. The molecule has 3 unspecified atom stereocenters. The van der Waals surface area contributed by atoms with Gasteiger partial charge in [-0.05, 0) is 6.42 Å². The van der Waals surface area contributed by atoms with Crippen LogP contribution in [-0.2, 0) is 9.47 Å². The van der Waals surface area contributed by atoms with E-state index in [4.69, 9.17) is 14.6 Å². The molecule has 0 saturated carbocycles. The van der Waals surface area contributed by atoms with Gasteiger partial charge in [0.2, 0.25) is 0 Å². The summed E-state index contributed by atoms with van der Waals surface area (Å²) in [4.78, 5) is 0. The number of hydrogen-bond donors (Lipinski definition) is 1. The fraction of sp³-hybridized carbons (Fsp3) is 1.00. The fourth-order valence-electron chi connectivity index (χ4n) is 1.46. The number of ether oxygens (including phenoxy) is 2. The quantitative estimate of drug-likeness (QED) is 0.505. The molecule has 0 aliphatic carbocycles. The zero-order valence-electron chi connectivity index (χ0n) is 5.12. The number of rotatable bonds is 0. The van der Waals surface area contributed by atoms with Crippen molar-refractivity contribution in [2.24, 2.45) is 5.92 Å². The Bertz CT molecular complexity index is 103. The minimum Gasteiger partial charge on any atom is -0.368 e. The first kappa shape index (κ1) is 5.65. The van der Waals surface area contributed by atoms with Crippen LogP contribution in [0, 0.1) is 5.92 Å². The second kappa shape index (κ2) is 1.94. The summed E-state index contributed by atoms with van der Waals surface area (Å²) in [5.41, 5.74) is 0. The average molecular weight is 130 g/mol. The summed E-state index contributed by atoms with van der Waals surface area (Å²) in [5.74, 6) is 0.458. The smallest absolute Gasteiger partial charge is 0.163 e. The van der Waals surface area contributed by atoms with Crippen LogP contribution >= 0.6 is 0 Å². The minimum absolute atomic E-state index is 0.0972. The van der Waals surface area contributed by atoms with Gasteiger partial charge in [0.1, 0.15) is 0 Å². The van der Waals surface area contributed by atoms with Crippen LogP contribution in [0.1, 0.15) is 12.8 Å². The predicted molar refractivity (Wildman–Crippen MR) is 29.6 cm³/mol. The van der Waals surface area contributed by atoms with E-state index in [9.17, 15) is 0 Å². The largest absolute Gasteiger partial charge is 0.368 e. The summed E-state index contributed by atoms with van der Waals surface area (Å²) in [6, 6.07) is 0. The number of aliphatic hydroxyl groups is 1. The van der Waals surface area contributed by atoms with E-state index < -0.39 is 6.29 Å². The molecule has 0 spiro atoms. The van der Waals surface area contributed by atoms with Gasteiger partial charge in [0.25, 0.3) is 0 Å². The Labute approximate surface area is 53.6 Å². The van der Waals surface area contributed by atoms with Gasteiger partial charge >= 0.3 is 0 Å². The normalized spacial score (nSPS) is 49.7. The van der Waals surface area contributed by atoms with E-state index in [0.717, 1.165) is 19.4 Å². The SMILES string of the molecule is OC1CC2CCOC2O1. The van der Waals surface area contributed by atoms with Crippen molar-refractivity contribution in [2.45, 2.75) is 25.4 Å². The first-order valence-corrected chi connectivity index (χ1v) is 3.31. The predicted octanol–water partition coefficient (Wildman–Crippen LogP) is 0.0877. The lowest BCUT2D eigenvalue weighted by Crippen LogP contribution is -2.11. The molecule has 0 radical (unpaired) electrons. The first-order valence-electron chi connectivity index (χ1n) is 3.31. The molecule has 9 heavy (non-hydrogen) atoms. The van der Waals surface area contributed by atoms with Gasteiger partial charge in [0.05, 0.1) is 6.61 Å². The lowest BCUT2D eigenvalue weighted by atomic mass is 10.1. The van der Waals surface area contributed by atoms with Crippen molar-refractivity contribution in [2.75, 3.05) is 6.61 Å². The Balaban J connectivity index is 2.02. The van der Waals surface area contributed by atoms with Crippen LogP contribution in [0.25, 0.3) is 0 Å². The molecular weight excluding hydrogens is 120 g/mol. The lowest BCUT2D eigenvalue weighted by Gasteiger charge is -2.05. The van der Waals surface area contributed by atoms with Crippen LogP contribution in [0.15, 0.2) is 0 Å². The number of aliphatic hydroxyl groups excluding tert-OH is 1. The van der Waals surface area contributed by atoms with Gasteiger partial charge in [-0.15, -0.1) is 0 Å². The summed E-state index contributed by atoms with van der Waals surface area (Å²) in [5, 5.41) is 8.93. The Kier molecular flexibility index (Phi) is 1.22. The molecular formula is C6H10O3. The average Bonchev–Trinajstić information content (AvgIpc) is 2.22. The van der Waals surface area contributed by atoms with Crippen LogP contribution in [0.2, 0.25) is 0 Å². The summed E-state index contributed by atoms with van der Waals surface area (Å²) in [6.45, 7) is 0.794. The van der Waals surface area contributed by atoms with Gasteiger partial charge in [-0.1, -0.05) is 0 Å². The van der Waals surface area contributed by atoms with Crippen molar-refractivity contribution >= 4 is 0 Å². The third-order valence-electron chi connectivity index (χ3n) is 1.95. The van der Waals surface area contributed by atoms with Gasteiger partial charge in [-0.3, -0.25) is 0 Å². The second-order valence-electron chi connectivity index (χ2n) is 2.61. The molecule has 3 heteroatoms. The molecule has 2 fully saturated rings. The Morgan fingerprint density at radius 1 is 1.44 bits per heavy atom. The van der Waals surface area contributed by atoms with Crippen molar-refractivity contribution in [3.05, 3.63) is 0 Å². The Morgan fingerprint density at radius 2 is 2.33 bits per heavy atom. The molecule has 2 saturated heterocycles. The Morgan fingerprint density at radius 3 is 3.11 bits per heavy atom. The molecule has 3 nitrogen and oxygen atoms in total. The van der Waals surface area contributed by atoms with Gasteiger partial charge in [0.15, 0.2) is 12.6 Å². The summed E-state index contributed by atoms with van der Waals surface area (Å²) in [7, 11) is 0. The van der Waals surface area contributed by atoms with E-state index in [1.54, 1.807) is 0 Å². The summed E-state index contributed by atoms with van der Waals surface area (Å²) < 4.78 is 10.2. The van der Waals surface area contributed by atoms with Crippen LogP contribution in [0.5, 0.6) is 0 Å². The van der Waals surface area contributed by atoms with Gasteiger partial charge in [-0.25, -0.2) is 0 Å². The minimum atomic E-state index is -0.569. The van der Waals surface area contributed by atoms with Crippen molar-refractivity contribution in [1.29, 1.82) is 0 Å². The van der Waals surface area contributed by atoms with E-state index >= 15 is 0 Å². The number of fused-ring (bicyclic) bond motifs is 1. The molecule has 0 aromatic heterocycles. The van der Waals surface area contributed by atoms with Crippen molar-refractivity contribution < 1.29 is 14.6 Å². The molecule has 2 rings (SSSR count). The van der Waals surface area contributed by atoms with E-state index in [2.05, 4.69) is 0 Å². The van der Waals surface area contributed by atoms with Crippen LogP contribution < -0.4 is 0 Å². The molecule has 3 atom stereocenters. The molecule has 0 aromatic rings. The van der Waals surface area contributed by atoms with E-state index in [0.29, 0.717) is 5.92 Å². The highest BCUT2D eigenvalue weighted by molar-refractivity contribution is 4.76. The molecule has 2 aliphatic heterocycles. The summed E-state index contributed by atoms with van der Waals surface area (Å²) in [6.07, 6.45) is 1.13. The third-order valence-corrected chi connectivity index (χ3v) is 1.95. The molecule has 1 N–H and O–H groups in total. The third kappa shape index (κ3) is 0.852. The first-order chi connectivity index (χ1) is 4.36. The van der Waals surface area contributed by atoms with E-state index in [-0.39, 0.29) is 6.29 Å². The van der Waals surface area contributed by atoms with Crippen LogP contribution in [0.3, 0.4) is 0 Å². The van der Waals surface area contributed by atoms with Crippen LogP contribution in [0.4, 0.5) is 0 Å². The highest BCUT2D eigenvalue weighted by Gasteiger charge is 2.38. The molecule has 0 amide bonds. The monoisotopic (exact) mass is 130 g/mol. The lowest BCUT2D eigenvalue weighted by molar-refractivity contribution is -0.175. The maximum Gasteiger partial charge on any atom is 0.163 e. The maximum absolute atomic E-state index is 8.93. The number of hydrogen-bond acceptors (Lipinski definition) is 3. The van der Waals surface area contributed by atoms with Gasteiger partial charge in [-0.2, -0.15) is 0 Å². The van der Waals surface area contributed by atoms with E-state index in [1.165, 1.54) is 0 Å². The topological polar surface area (TPSA) is 38.7 Å². The summed E-state index contributed by atoms with van der Waals surface area (Å²) >= 11 is 0. The van der Waals surface area contributed by atoms with Gasteiger partial charge < -0.3 is 14.6 Å². The van der Waals surface area contributed by atoms with E-state index in [1.807, 2.05) is 0 Å². The van der Waals surface area contributed by atoms with Crippen LogP contribution in [-0.4, -0.2) is 24.3 Å². The molecule has 2 heterocycles. The fourth-order valence-corrected chi connectivity index (χ4v) is 1.46. The van der Waals surface area contributed by atoms with Crippen molar-refractivity contribution in [3.63, 3.8) is 0 Å². The standard InChI is InChI=1S/C6H10O3/c7-5-3-4-1-2-8-6(4)9-5/h4-7H,1-3H2. The highest BCUT2D eigenvalue weighted by Crippen LogP contribution is 2.33. The Hall–Kier alpha value is -0.120. The molecule has 0 aromatic carbocycles. The van der Waals surface area contributed by atoms with Crippen molar-refractivity contribution in [1.82, 2.24) is 0 Å². The molecule has 52 valence electrons. The second-order valence-corrected chi connectivity index (χ2v) is 2.61. The van der Waals surface area contributed by atoms with Crippen molar-refractivity contribution in [3.8, 4) is 0 Å². The molecule has 2 aliphatic rings. The van der Waals surface area contributed by atoms with Gasteiger partial charge in [0, 0.05) is 12.3 Å². The highest BCUT2D eigenvalue weighted by atomic mass is 16.7. The maximum atomic E-state index is 8.93. The zero-order chi connectivity index (χ0) is 6.27.